The van der Waals surface area contributed by atoms with E-state index in [0.29, 0.717) is 11.3 Å². The molecule has 2 rings (SSSR count). The lowest BCUT2D eigenvalue weighted by molar-refractivity contribution is -0.144. The fraction of sp³-hybridized carbons (Fsp3) is 0.444. The minimum atomic E-state index is -1.03. The molecular formula is C27H37N3O5. The van der Waals surface area contributed by atoms with E-state index in [2.05, 4.69) is 10.6 Å². The van der Waals surface area contributed by atoms with Crippen LogP contribution in [0.25, 0.3) is 0 Å². The number of ether oxygens (including phenoxy) is 1. The Bertz CT molecular complexity index is 1050. The lowest BCUT2D eigenvalue weighted by Gasteiger charge is -2.41. The summed E-state index contributed by atoms with van der Waals surface area (Å²) in [6, 6.07) is 10.8. The van der Waals surface area contributed by atoms with Crippen molar-refractivity contribution in [3.8, 4) is 5.75 Å². The third kappa shape index (κ3) is 7.73. The third-order valence-corrected chi connectivity index (χ3v) is 5.22. The van der Waals surface area contributed by atoms with E-state index in [4.69, 9.17) is 4.74 Å². The molecule has 0 aliphatic rings. The molecule has 0 bridgehead atoms. The standard InChI is InChI=1S/C27H37N3O5/c1-17-10-9-11-18(2)22(17)29-24(33)23(19-12-14-20(31)15-13-19)30(26(3,4)5)21(32)16-28-25(34)35-27(6,7)8/h9-15,23,31H,16H2,1-8H3,(H,28,34)(H,29,33). The van der Waals surface area contributed by atoms with Crippen LogP contribution in [-0.2, 0) is 14.3 Å². The number of hydrogen-bond donors (Lipinski definition) is 3. The molecule has 3 amide bonds. The summed E-state index contributed by atoms with van der Waals surface area (Å²) in [7, 11) is 0. The smallest absolute Gasteiger partial charge is 0.408 e. The van der Waals surface area contributed by atoms with Gasteiger partial charge in [-0.1, -0.05) is 30.3 Å². The lowest BCUT2D eigenvalue weighted by atomic mass is 9.96. The number of nitrogens with zero attached hydrogens (tertiary/aromatic N) is 1. The third-order valence-electron chi connectivity index (χ3n) is 5.22. The second kappa shape index (κ2) is 10.8. The molecule has 8 heteroatoms. The van der Waals surface area contributed by atoms with E-state index >= 15 is 0 Å². The molecule has 2 aromatic carbocycles. The fourth-order valence-corrected chi connectivity index (χ4v) is 3.73. The molecule has 190 valence electrons. The molecule has 2 aromatic rings. The number of hydrogen-bond acceptors (Lipinski definition) is 5. The van der Waals surface area contributed by atoms with E-state index in [9.17, 15) is 19.5 Å². The summed E-state index contributed by atoms with van der Waals surface area (Å²) in [6.45, 7) is 14.1. The van der Waals surface area contributed by atoms with Crippen molar-refractivity contribution in [3.05, 3.63) is 59.2 Å². The molecule has 0 fully saturated rings. The van der Waals surface area contributed by atoms with Crippen LogP contribution in [0.1, 0.15) is 64.3 Å². The Labute approximate surface area is 207 Å². The Morgan fingerprint density at radius 2 is 1.49 bits per heavy atom. The first-order valence-electron chi connectivity index (χ1n) is 11.5. The average Bonchev–Trinajstić information content (AvgIpc) is 2.71. The maximum Gasteiger partial charge on any atom is 0.408 e. The van der Waals surface area contributed by atoms with Gasteiger partial charge in [-0.15, -0.1) is 0 Å². The number of benzene rings is 2. The van der Waals surface area contributed by atoms with Gasteiger partial charge in [0.15, 0.2) is 0 Å². The molecular weight excluding hydrogens is 446 g/mol. The van der Waals surface area contributed by atoms with Gasteiger partial charge in [0.05, 0.1) is 0 Å². The van der Waals surface area contributed by atoms with Gasteiger partial charge in [0.2, 0.25) is 5.91 Å². The van der Waals surface area contributed by atoms with Gasteiger partial charge < -0.3 is 25.4 Å². The van der Waals surface area contributed by atoms with E-state index in [1.807, 2.05) is 52.8 Å². The Balaban J connectivity index is 2.45. The molecule has 0 aliphatic carbocycles. The normalized spacial score (nSPS) is 12.5. The van der Waals surface area contributed by atoms with Crippen LogP contribution in [0.2, 0.25) is 0 Å². The quantitative estimate of drug-likeness (QED) is 0.545. The van der Waals surface area contributed by atoms with E-state index in [1.165, 1.54) is 17.0 Å². The number of anilines is 1. The van der Waals surface area contributed by atoms with Gasteiger partial charge in [-0.3, -0.25) is 9.59 Å². The number of para-hydroxylation sites is 1. The molecule has 1 unspecified atom stereocenters. The maximum absolute atomic E-state index is 13.7. The van der Waals surface area contributed by atoms with Crippen molar-refractivity contribution in [1.82, 2.24) is 10.2 Å². The number of phenolic OH excluding ortho intramolecular Hbond substituents is 1. The largest absolute Gasteiger partial charge is 0.508 e. The maximum atomic E-state index is 13.7. The molecule has 1 atom stereocenters. The summed E-state index contributed by atoms with van der Waals surface area (Å²) >= 11 is 0. The molecule has 0 spiro atoms. The first kappa shape index (κ1) is 27.7. The number of amides is 3. The Morgan fingerprint density at radius 1 is 0.943 bits per heavy atom. The van der Waals surface area contributed by atoms with Crippen molar-refractivity contribution in [2.24, 2.45) is 0 Å². The number of carbonyl (C=O) groups is 3. The van der Waals surface area contributed by atoms with Crippen LogP contribution in [0.15, 0.2) is 42.5 Å². The van der Waals surface area contributed by atoms with Crippen molar-refractivity contribution < 1.29 is 24.2 Å². The lowest BCUT2D eigenvalue weighted by Crippen LogP contribution is -2.54. The van der Waals surface area contributed by atoms with Gasteiger partial charge in [0.1, 0.15) is 23.9 Å². The monoisotopic (exact) mass is 483 g/mol. The van der Waals surface area contributed by atoms with E-state index in [0.717, 1.165) is 11.1 Å². The van der Waals surface area contributed by atoms with Crippen LogP contribution < -0.4 is 10.6 Å². The van der Waals surface area contributed by atoms with Gasteiger partial charge in [-0.2, -0.15) is 0 Å². The van der Waals surface area contributed by atoms with Crippen molar-refractivity contribution in [1.29, 1.82) is 0 Å². The number of aromatic hydroxyl groups is 1. The molecule has 0 aliphatic heterocycles. The highest BCUT2D eigenvalue weighted by atomic mass is 16.6. The summed E-state index contributed by atoms with van der Waals surface area (Å²) in [6.07, 6.45) is -0.721. The second-order valence-corrected chi connectivity index (χ2v) is 10.5. The summed E-state index contributed by atoms with van der Waals surface area (Å²) in [5.41, 5.74) is 1.48. The van der Waals surface area contributed by atoms with Crippen LogP contribution >= 0.6 is 0 Å². The second-order valence-electron chi connectivity index (χ2n) is 10.5. The molecule has 0 aromatic heterocycles. The predicted molar refractivity (Wildman–Crippen MR) is 136 cm³/mol. The SMILES string of the molecule is Cc1cccc(C)c1NC(=O)C(c1ccc(O)cc1)N(C(=O)CNC(=O)OC(C)(C)C)C(C)(C)C. The van der Waals surface area contributed by atoms with Crippen LogP contribution in [0, 0.1) is 13.8 Å². The van der Waals surface area contributed by atoms with Crippen LogP contribution in [-0.4, -0.2) is 45.6 Å². The van der Waals surface area contributed by atoms with E-state index < -0.39 is 35.1 Å². The molecule has 3 N–H and O–H groups in total. The minimum Gasteiger partial charge on any atom is -0.508 e. The number of phenols is 1. The number of nitrogens with one attached hydrogen (secondary N) is 2. The van der Waals surface area contributed by atoms with Gasteiger partial charge in [-0.05, 0) is 84.2 Å². The average molecular weight is 484 g/mol. The minimum absolute atomic E-state index is 0.0443. The highest BCUT2D eigenvalue weighted by Gasteiger charge is 2.39. The highest BCUT2D eigenvalue weighted by molar-refractivity contribution is 5.99. The number of carbonyl (C=O) groups excluding carboxylic acids is 3. The van der Waals surface area contributed by atoms with E-state index in [-0.39, 0.29) is 12.3 Å². The van der Waals surface area contributed by atoms with Gasteiger partial charge in [-0.25, -0.2) is 4.79 Å². The van der Waals surface area contributed by atoms with Crippen molar-refractivity contribution >= 4 is 23.6 Å². The highest BCUT2D eigenvalue weighted by Crippen LogP contribution is 2.32. The van der Waals surface area contributed by atoms with Crippen LogP contribution in [0.3, 0.4) is 0 Å². The molecule has 35 heavy (non-hydrogen) atoms. The molecule has 8 nitrogen and oxygen atoms in total. The van der Waals surface area contributed by atoms with Crippen molar-refractivity contribution in [3.63, 3.8) is 0 Å². The molecule has 0 heterocycles. The first-order valence-corrected chi connectivity index (χ1v) is 11.5. The first-order chi connectivity index (χ1) is 16.1. The summed E-state index contributed by atoms with van der Waals surface area (Å²) in [5, 5.41) is 15.3. The van der Waals surface area contributed by atoms with Crippen LogP contribution in [0.4, 0.5) is 10.5 Å². The fourth-order valence-electron chi connectivity index (χ4n) is 3.73. The molecule has 0 radical (unpaired) electrons. The summed E-state index contributed by atoms with van der Waals surface area (Å²) in [4.78, 5) is 40.8. The van der Waals surface area contributed by atoms with Crippen molar-refractivity contribution in [2.75, 3.05) is 11.9 Å². The summed E-state index contributed by atoms with van der Waals surface area (Å²) < 4.78 is 5.24. The molecule has 0 saturated carbocycles. The van der Waals surface area contributed by atoms with Gasteiger partial charge in [0.25, 0.3) is 5.91 Å². The predicted octanol–water partition coefficient (Wildman–Crippen LogP) is 4.84. The zero-order valence-corrected chi connectivity index (χ0v) is 21.9. The van der Waals surface area contributed by atoms with Crippen LogP contribution in [0.5, 0.6) is 5.75 Å². The Kier molecular flexibility index (Phi) is 8.55. The van der Waals surface area contributed by atoms with E-state index in [1.54, 1.807) is 32.9 Å². The number of rotatable bonds is 6. The Morgan fingerprint density at radius 3 is 1.97 bits per heavy atom. The van der Waals surface area contributed by atoms with Gasteiger partial charge >= 0.3 is 6.09 Å². The number of alkyl carbamates (subject to hydrolysis) is 1. The Hall–Kier alpha value is -3.55. The number of aryl methyl sites for hydroxylation is 2. The summed E-state index contributed by atoms with van der Waals surface area (Å²) in [5.74, 6) is -0.824. The molecule has 0 saturated heterocycles. The topological polar surface area (TPSA) is 108 Å². The van der Waals surface area contributed by atoms with Gasteiger partial charge in [0, 0.05) is 11.2 Å². The van der Waals surface area contributed by atoms with Crippen molar-refractivity contribution in [2.45, 2.75) is 72.6 Å². The zero-order valence-electron chi connectivity index (χ0n) is 21.9. The zero-order chi connectivity index (χ0) is 26.6.